The number of carboxylic acid groups (broad SMARTS) is 1. The van der Waals surface area contributed by atoms with Crippen LogP contribution >= 0.6 is 23.1 Å². The Balaban J connectivity index is 1.80. The summed E-state index contributed by atoms with van der Waals surface area (Å²) in [4.78, 5) is 34.9. The van der Waals surface area contributed by atoms with Crippen LogP contribution in [0.25, 0.3) is 6.08 Å². The Bertz CT molecular complexity index is 966. The molecule has 0 radical (unpaired) electrons. The fourth-order valence-electron chi connectivity index (χ4n) is 2.54. The van der Waals surface area contributed by atoms with Gasteiger partial charge in [0.2, 0.25) is 5.13 Å². The number of thioether (sulfide) groups is 1. The summed E-state index contributed by atoms with van der Waals surface area (Å²) in [5.74, 6) is -0.646. The SMILES string of the molecule is CCCN1C(=O)/C(=C\c2ccc(OC(C)C(=O)O)cc2)S/C1=N/c1nc(C)cs1. The van der Waals surface area contributed by atoms with Crippen molar-refractivity contribution in [1.82, 2.24) is 9.88 Å². The van der Waals surface area contributed by atoms with Crippen LogP contribution in [0.3, 0.4) is 0 Å². The monoisotopic (exact) mass is 431 g/mol. The molecule has 1 aromatic carbocycles. The normalized spacial score (nSPS) is 17.9. The number of aromatic nitrogens is 1. The summed E-state index contributed by atoms with van der Waals surface area (Å²) in [5.41, 5.74) is 1.72. The average Bonchev–Trinajstić information content (AvgIpc) is 3.22. The van der Waals surface area contributed by atoms with Gasteiger partial charge < -0.3 is 9.84 Å². The molecule has 7 nitrogen and oxygen atoms in total. The van der Waals surface area contributed by atoms with Gasteiger partial charge in [0.25, 0.3) is 5.91 Å². The molecule has 1 saturated heterocycles. The molecular formula is C20H21N3O4S2. The number of amides is 1. The molecule has 0 bridgehead atoms. The van der Waals surface area contributed by atoms with E-state index in [9.17, 15) is 9.59 Å². The van der Waals surface area contributed by atoms with Gasteiger partial charge in [-0.25, -0.2) is 9.78 Å². The molecule has 1 atom stereocenters. The molecule has 1 aliphatic heterocycles. The number of thiazole rings is 1. The predicted molar refractivity (Wildman–Crippen MR) is 116 cm³/mol. The van der Waals surface area contributed by atoms with Crippen molar-refractivity contribution in [3.05, 3.63) is 45.8 Å². The second-order valence-corrected chi connectivity index (χ2v) is 8.25. The summed E-state index contributed by atoms with van der Waals surface area (Å²) in [7, 11) is 0. The van der Waals surface area contributed by atoms with Gasteiger partial charge in [0.05, 0.1) is 10.6 Å². The Morgan fingerprint density at radius 1 is 1.38 bits per heavy atom. The van der Waals surface area contributed by atoms with Crippen LogP contribution in [0.1, 0.15) is 31.5 Å². The minimum atomic E-state index is -1.03. The first-order valence-corrected chi connectivity index (χ1v) is 10.8. The van der Waals surface area contributed by atoms with E-state index in [4.69, 9.17) is 9.84 Å². The number of carboxylic acids is 1. The molecule has 0 spiro atoms. The topological polar surface area (TPSA) is 92.1 Å². The minimum Gasteiger partial charge on any atom is -0.479 e. The fraction of sp³-hybridized carbons (Fsp3) is 0.300. The lowest BCUT2D eigenvalue weighted by molar-refractivity contribution is -0.144. The van der Waals surface area contributed by atoms with Crippen LogP contribution in [0, 0.1) is 6.92 Å². The molecule has 1 aliphatic rings. The van der Waals surface area contributed by atoms with Crippen LogP contribution in [-0.2, 0) is 9.59 Å². The molecule has 3 rings (SSSR count). The Morgan fingerprint density at radius 2 is 2.10 bits per heavy atom. The molecule has 9 heteroatoms. The Morgan fingerprint density at radius 3 is 2.69 bits per heavy atom. The number of aryl methyl sites for hydroxylation is 1. The maximum atomic E-state index is 12.8. The Kier molecular flexibility index (Phi) is 6.71. The molecule has 152 valence electrons. The fourth-order valence-corrected chi connectivity index (χ4v) is 4.26. The summed E-state index contributed by atoms with van der Waals surface area (Å²) < 4.78 is 5.33. The van der Waals surface area contributed by atoms with Gasteiger partial charge >= 0.3 is 5.97 Å². The number of carbonyl (C=O) groups excluding carboxylic acids is 1. The van der Waals surface area contributed by atoms with Gasteiger partial charge in [-0.05, 0) is 55.8 Å². The zero-order valence-electron chi connectivity index (χ0n) is 16.3. The van der Waals surface area contributed by atoms with Crippen molar-refractivity contribution in [3.8, 4) is 5.75 Å². The number of benzene rings is 1. The molecule has 1 fully saturated rings. The number of hydrogen-bond donors (Lipinski definition) is 1. The van der Waals surface area contributed by atoms with E-state index in [0.29, 0.717) is 27.5 Å². The molecular weight excluding hydrogens is 410 g/mol. The largest absolute Gasteiger partial charge is 0.479 e. The number of amidine groups is 1. The highest BCUT2D eigenvalue weighted by Gasteiger charge is 2.33. The number of ether oxygens (including phenoxy) is 1. The van der Waals surface area contributed by atoms with Crippen molar-refractivity contribution in [2.75, 3.05) is 6.54 Å². The molecule has 1 unspecified atom stereocenters. The predicted octanol–water partition coefficient (Wildman–Crippen LogP) is 4.32. The van der Waals surface area contributed by atoms with E-state index >= 15 is 0 Å². The number of rotatable bonds is 7. The molecule has 29 heavy (non-hydrogen) atoms. The van der Waals surface area contributed by atoms with E-state index in [2.05, 4.69) is 9.98 Å². The third kappa shape index (κ3) is 5.24. The van der Waals surface area contributed by atoms with Gasteiger partial charge in [-0.15, -0.1) is 11.3 Å². The maximum Gasteiger partial charge on any atom is 0.344 e. The van der Waals surface area contributed by atoms with Crippen molar-refractivity contribution < 1.29 is 19.4 Å². The summed E-state index contributed by atoms with van der Waals surface area (Å²) in [5, 5.41) is 12.1. The highest BCUT2D eigenvalue weighted by molar-refractivity contribution is 8.18. The third-order valence-corrected chi connectivity index (χ3v) is 5.83. The number of aliphatic carboxylic acids is 1. The molecule has 0 saturated carbocycles. The summed E-state index contributed by atoms with van der Waals surface area (Å²) in [6.07, 6.45) is 1.70. The smallest absolute Gasteiger partial charge is 0.344 e. The van der Waals surface area contributed by atoms with Crippen molar-refractivity contribution >= 4 is 51.4 Å². The number of aliphatic imine (C=N–C) groups is 1. The average molecular weight is 432 g/mol. The van der Waals surface area contributed by atoms with Crippen LogP contribution in [-0.4, -0.2) is 44.7 Å². The zero-order valence-corrected chi connectivity index (χ0v) is 17.9. The Labute approximate surface area is 177 Å². The van der Waals surface area contributed by atoms with Crippen LogP contribution in [0.5, 0.6) is 5.75 Å². The van der Waals surface area contributed by atoms with Crippen LogP contribution < -0.4 is 4.74 Å². The number of nitrogens with zero attached hydrogens (tertiary/aromatic N) is 3. The van der Waals surface area contributed by atoms with Gasteiger partial charge in [0, 0.05) is 11.9 Å². The third-order valence-electron chi connectivity index (χ3n) is 3.97. The highest BCUT2D eigenvalue weighted by atomic mass is 32.2. The lowest BCUT2D eigenvalue weighted by Crippen LogP contribution is -2.29. The van der Waals surface area contributed by atoms with E-state index in [1.54, 1.807) is 35.2 Å². The van der Waals surface area contributed by atoms with Crippen molar-refractivity contribution in [1.29, 1.82) is 0 Å². The quantitative estimate of drug-likeness (QED) is 0.657. The minimum absolute atomic E-state index is 0.0799. The molecule has 2 aromatic rings. The lowest BCUT2D eigenvalue weighted by Gasteiger charge is -2.13. The van der Waals surface area contributed by atoms with E-state index in [0.717, 1.165) is 17.7 Å². The van der Waals surface area contributed by atoms with E-state index in [1.807, 2.05) is 19.2 Å². The van der Waals surface area contributed by atoms with Crippen molar-refractivity contribution in [2.45, 2.75) is 33.3 Å². The molecule has 2 heterocycles. The molecule has 0 aliphatic carbocycles. The van der Waals surface area contributed by atoms with E-state index in [1.165, 1.54) is 30.0 Å². The zero-order chi connectivity index (χ0) is 21.0. The number of hydrogen-bond acceptors (Lipinski definition) is 7. The summed E-state index contributed by atoms with van der Waals surface area (Å²) in [6, 6.07) is 6.95. The van der Waals surface area contributed by atoms with Gasteiger partial charge in [0.15, 0.2) is 11.3 Å². The van der Waals surface area contributed by atoms with Crippen LogP contribution in [0.4, 0.5) is 5.13 Å². The van der Waals surface area contributed by atoms with Crippen molar-refractivity contribution in [2.24, 2.45) is 4.99 Å². The summed E-state index contributed by atoms with van der Waals surface area (Å²) in [6.45, 7) is 5.99. The highest BCUT2D eigenvalue weighted by Crippen LogP contribution is 2.35. The molecule has 1 amide bonds. The second kappa shape index (κ2) is 9.23. The Hall–Kier alpha value is -2.65. The van der Waals surface area contributed by atoms with E-state index in [-0.39, 0.29) is 5.91 Å². The first kappa shape index (κ1) is 21.1. The van der Waals surface area contributed by atoms with Crippen molar-refractivity contribution in [3.63, 3.8) is 0 Å². The number of carbonyl (C=O) groups is 2. The second-order valence-electron chi connectivity index (χ2n) is 6.40. The van der Waals surface area contributed by atoms with E-state index < -0.39 is 12.1 Å². The lowest BCUT2D eigenvalue weighted by atomic mass is 10.2. The first-order valence-electron chi connectivity index (χ1n) is 9.09. The molecule has 1 aromatic heterocycles. The van der Waals surface area contributed by atoms with Crippen LogP contribution in [0.2, 0.25) is 0 Å². The van der Waals surface area contributed by atoms with Gasteiger partial charge in [-0.3, -0.25) is 9.69 Å². The van der Waals surface area contributed by atoms with Gasteiger partial charge in [-0.2, -0.15) is 4.99 Å². The molecule has 1 N–H and O–H groups in total. The van der Waals surface area contributed by atoms with Gasteiger partial charge in [-0.1, -0.05) is 19.1 Å². The van der Waals surface area contributed by atoms with Gasteiger partial charge in [0.1, 0.15) is 5.75 Å². The first-order chi connectivity index (χ1) is 13.9. The summed E-state index contributed by atoms with van der Waals surface area (Å²) >= 11 is 2.78. The standard InChI is InChI=1S/C20H21N3O4S2/c1-4-9-23-17(24)16(29-20(23)22-19-21-12(2)11-28-19)10-14-5-7-15(8-6-14)27-13(3)18(25)26/h5-8,10-11,13H,4,9H2,1-3H3,(H,25,26)/b16-10+,22-20+. The van der Waals surface area contributed by atoms with Crippen LogP contribution in [0.15, 0.2) is 39.5 Å². The maximum absolute atomic E-state index is 12.8.